The van der Waals surface area contributed by atoms with Crippen molar-refractivity contribution in [1.29, 1.82) is 0 Å². The monoisotopic (exact) mass is 526 g/mol. The Kier molecular flexibility index (Phi) is 10.6. The molecule has 0 aromatic heterocycles. The molecule has 1 heterocycles. The molecule has 2 aromatic carbocycles. The number of aliphatic hydroxyl groups is 1. The van der Waals surface area contributed by atoms with Crippen molar-refractivity contribution in [2.24, 2.45) is 11.3 Å². The molecule has 1 fully saturated rings. The minimum absolute atomic E-state index is 0. The summed E-state index contributed by atoms with van der Waals surface area (Å²) in [6.07, 6.45) is 2.86. The maximum atomic E-state index is 10.8. The smallest absolute Gasteiger partial charge is 0.186 e. The predicted octanol–water partition coefficient (Wildman–Crippen LogP) is 4.64. The van der Waals surface area contributed by atoms with E-state index >= 15 is 0 Å². The fourth-order valence-corrected chi connectivity index (χ4v) is 5.52. The summed E-state index contributed by atoms with van der Waals surface area (Å²) < 4.78 is 1.12. The van der Waals surface area contributed by atoms with E-state index in [1.807, 2.05) is 66.4 Å². The van der Waals surface area contributed by atoms with Gasteiger partial charge in [-0.25, -0.2) is 0 Å². The molecule has 0 aliphatic carbocycles. The van der Waals surface area contributed by atoms with Gasteiger partial charge in [0, 0.05) is 70.7 Å². The van der Waals surface area contributed by atoms with Crippen LogP contribution in [-0.4, -0.2) is 67.7 Å². The first-order valence-electron chi connectivity index (χ1n) is 12.1. The number of para-hydroxylation sites is 1. The van der Waals surface area contributed by atoms with Gasteiger partial charge in [0.1, 0.15) is 0 Å². The Morgan fingerprint density at radius 2 is 1.76 bits per heavy atom. The predicted molar refractivity (Wildman–Crippen MR) is 134 cm³/mol. The second kappa shape index (κ2) is 12.3. The van der Waals surface area contributed by atoms with Gasteiger partial charge in [-0.05, 0) is 37.9 Å². The van der Waals surface area contributed by atoms with E-state index < -0.39 is 6.35 Å². The third kappa shape index (κ3) is 6.89. The molecule has 1 N–H and O–H groups in total. The molecule has 5 heteroatoms. The van der Waals surface area contributed by atoms with Crippen LogP contribution in [0.5, 0.6) is 0 Å². The standard InChI is InChI=1S/C28H43N3O.Y/c1-23-24(2)31(6,21-18-28(23,3)22-25-14-9-7-10-15-25)20-13-19-29(4)27(32)30(5)26-16-11-8-12-17-26;/h8-12,14-17,23-24,27,32H,13,18-22H2,1-6H3;. The maximum Gasteiger partial charge on any atom is 0.186 e. The quantitative estimate of drug-likeness (QED) is 0.293. The van der Waals surface area contributed by atoms with Crippen molar-refractivity contribution >= 4 is 5.69 Å². The largest absolute Gasteiger partial charge is 0.361 e. The van der Waals surface area contributed by atoms with Crippen LogP contribution in [0.25, 0.3) is 0 Å². The van der Waals surface area contributed by atoms with Crippen LogP contribution in [0.2, 0.25) is 0 Å². The first kappa shape index (κ1) is 28.5. The Bertz CT molecular complexity index is 836. The average Bonchev–Trinajstić information content (AvgIpc) is 2.81. The Hall–Kier alpha value is -0.776. The summed E-state index contributed by atoms with van der Waals surface area (Å²) >= 11 is 0. The number of piperidine rings is 1. The van der Waals surface area contributed by atoms with Gasteiger partial charge in [-0.1, -0.05) is 32.0 Å². The number of hydrogen-bond acceptors (Lipinski definition) is 3. The van der Waals surface area contributed by atoms with Gasteiger partial charge < -0.3 is 14.5 Å². The van der Waals surface area contributed by atoms with E-state index in [0.717, 1.165) is 36.1 Å². The van der Waals surface area contributed by atoms with Crippen molar-refractivity contribution < 1.29 is 42.3 Å². The van der Waals surface area contributed by atoms with Crippen molar-refractivity contribution in [2.75, 3.05) is 45.7 Å². The Labute approximate surface area is 227 Å². The van der Waals surface area contributed by atoms with Crippen LogP contribution in [0.1, 0.15) is 39.2 Å². The Morgan fingerprint density at radius 1 is 1.12 bits per heavy atom. The van der Waals surface area contributed by atoms with Crippen LogP contribution in [0.15, 0.2) is 54.6 Å². The molecule has 4 nitrogen and oxygen atoms in total. The Balaban J connectivity index is 0.00000385. The minimum Gasteiger partial charge on any atom is -0.361 e. The topological polar surface area (TPSA) is 26.7 Å². The van der Waals surface area contributed by atoms with Crippen molar-refractivity contribution in [2.45, 2.75) is 52.4 Å². The zero-order chi connectivity index (χ0) is 23.4. The molecule has 5 unspecified atom stereocenters. The molecule has 1 aliphatic rings. The molecule has 0 amide bonds. The van der Waals surface area contributed by atoms with Gasteiger partial charge in [0.05, 0.1) is 26.2 Å². The average molecular weight is 527 g/mol. The Morgan fingerprint density at radius 3 is 2.39 bits per heavy atom. The third-order valence-corrected chi connectivity index (χ3v) is 8.48. The fourth-order valence-electron chi connectivity index (χ4n) is 5.52. The summed E-state index contributed by atoms with van der Waals surface area (Å²) in [5, 5.41) is 10.8. The van der Waals surface area contributed by atoms with Crippen molar-refractivity contribution in [3.05, 3.63) is 66.2 Å². The van der Waals surface area contributed by atoms with Crippen molar-refractivity contribution in [3.8, 4) is 0 Å². The third-order valence-electron chi connectivity index (χ3n) is 8.48. The van der Waals surface area contributed by atoms with Gasteiger partial charge in [-0.15, -0.1) is 0 Å². The van der Waals surface area contributed by atoms with E-state index in [2.05, 4.69) is 46.0 Å². The van der Waals surface area contributed by atoms with Crippen LogP contribution in [0.4, 0.5) is 5.69 Å². The molecule has 33 heavy (non-hydrogen) atoms. The molecule has 1 aliphatic heterocycles. The summed E-state index contributed by atoms with van der Waals surface area (Å²) in [6.45, 7) is 10.6. The molecule has 1 saturated heterocycles. The first-order valence-corrected chi connectivity index (χ1v) is 12.1. The van der Waals surface area contributed by atoms with Gasteiger partial charge in [0.25, 0.3) is 0 Å². The number of likely N-dealkylation sites (tertiary alicyclic amines) is 1. The van der Waals surface area contributed by atoms with E-state index in [0.29, 0.717) is 17.4 Å². The number of aliphatic hydroxyl groups excluding tert-OH is 1. The molecule has 0 bridgehead atoms. The maximum absolute atomic E-state index is 10.8. The SMILES string of the molecule is CC1C(C)[N+](C)(CCCN(C)C(O)N(C)c2ccccc2)CCC1(C)Cc1cc[c-]cc1.[Y]. The molecule has 2 aromatic rings. The van der Waals surface area contributed by atoms with Gasteiger partial charge in [0.15, 0.2) is 6.35 Å². The van der Waals surface area contributed by atoms with Crippen LogP contribution < -0.4 is 4.90 Å². The molecule has 1 radical (unpaired) electrons. The molecule has 3 rings (SSSR count). The minimum atomic E-state index is -0.619. The van der Waals surface area contributed by atoms with E-state index in [-0.39, 0.29) is 32.7 Å². The zero-order valence-corrected chi connectivity index (χ0v) is 24.4. The van der Waals surface area contributed by atoms with Crippen LogP contribution in [0.3, 0.4) is 0 Å². The number of quaternary nitrogens is 1. The number of benzene rings is 2. The normalized spacial score (nSPS) is 28.2. The van der Waals surface area contributed by atoms with E-state index in [9.17, 15) is 5.11 Å². The number of rotatable bonds is 9. The number of anilines is 1. The second-order valence-electron chi connectivity index (χ2n) is 10.6. The van der Waals surface area contributed by atoms with Gasteiger partial charge in [-0.3, -0.25) is 4.90 Å². The van der Waals surface area contributed by atoms with Gasteiger partial charge in [-0.2, -0.15) is 35.9 Å². The van der Waals surface area contributed by atoms with Crippen molar-refractivity contribution in [1.82, 2.24) is 4.90 Å². The molecule has 179 valence electrons. The summed E-state index contributed by atoms with van der Waals surface area (Å²) in [5.74, 6) is 0.651. The number of nitrogens with zero attached hydrogens (tertiary/aromatic N) is 3. The summed E-state index contributed by atoms with van der Waals surface area (Å²) in [6, 6.07) is 22.4. The van der Waals surface area contributed by atoms with E-state index in [4.69, 9.17) is 0 Å². The summed E-state index contributed by atoms with van der Waals surface area (Å²) in [4.78, 5) is 3.97. The molecule has 0 saturated carbocycles. The van der Waals surface area contributed by atoms with Gasteiger partial charge in [0.2, 0.25) is 0 Å². The van der Waals surface area contributed by atoms with E-state index in [1.165, 1.54) is 18.5 Å². The van der Waals surface area contributed by atoms with E-state index in [1.54, 1.807) is 0 Å². The summed E-state index contributed by atoms with van der Waals surface area (Å²) in [7, 11) is 6.40. The molecular weight excluding hydrogens is 483 g/mol. The summed E-state index contributed by atoms with van der Waals surface area (Å²) in [5.41, 5.74) is 2.80. The first-order chi connectivity index (χ1) is 15.2. The zero-order valence-electron chi connectivity index (χ0n) is 21.5. The molecule has 5 atom stereocenters. The second-order valence-corrected chi connectivity index (χ2v) is 10.6. The molecule has 0 spiro atoms. The van der Waals surface area contributed by atoms with Crippen molar-refractivity contribution in [3.63, 3.8) is 0 Å². The molecular formula is C28H43N3OY. The number of hydrogen-bond donors (Lipinski definition) is 1. The van der Waals surface area contributed by atoms with Gasteiger partial charge >= 0.3 is 0 Å². The van der Waals surface area contributed by atoms with Crippen LogP contribution in [0, 0.1) is 17.4 Å². The van der Waals surface area contributed by atoms with Crippen LogP contribution >= 0.6 is 0 Å². The fraction of sp³-hybridized carbons (Fsp3) is 0.571. The van der Waals surface area contributed by atoms with Crippen LogP contribution in [-0.2, 0) is 39.1 Å².